The summed E-state index contributed by atoms with van der Waals surface area (Å²) in [5, 5.41) is 13.6. The van der Waals surface area contributed by atoms with Gasteiger partial charge in [-0.1, -0.05) is 12.1 Å². The molecule has 0 bridgehead atoms. The van der Waals surface area contributed by atoms with Crippen molar-refractivity contribution in [2.45, 2.75) is 11.1 Å². The minimum absolute atomic E-state index is 0.0708. The molecule has 2 aromatic rings. The molecule has 0 fully saturated rings. The predicted molar refractivity (Wildman–Crippen MR) is 105 cm³/mol. The molecule has 0 aliphatic carbocycles. The summed E-state index contributed by atoms with van der Waals surface area (Å²) in [6.45, 7) is -1.83. The highest BCUT2D eigenvalue weighted by Crippen LogP contribution is 2.29. The van der Waals surface area contributed by atoms with Gasteiger partial charge in [0, 0.05) is 18.7 Å². The number of hydrogen-bond donors (Lipinski definition) is 2. The lowest BCUT2D eigenvalue weighted by Gasteiger charge is -2.10. The van der Waals surface area contributed by atoms with Gasteiger partial charge < -0.3 is 10.1 Å². The van der Waals surface area contributed by atoms with E-state index in [1.807, 2.05) is 4.72 Å². The Labute approximate surface area is 179 Å². The molecule has 0 aliphatic rings. The van der Waals surface area contributed by atoms with Crippen molar-refractivity contribution in [1.29, 1.82) is 0 Å². The van der Waals surface area contributed by atoms with Gasteiger partial charge in [0.15, 0.2) is 12.4 Å². The Hall–Kier alpha value is -3.52. The number of Topliss-reactive ketones (excluding diaryl/α,β-unsaturated/α-hetero) is 1. The molecule has 0 saturated carbocycles. The molecule has 0 spiro atoms. The number of nitrogens with one attached hydrogen (secondary N) is 2. The molecule has 172 valence electrons. The monoisotopic (exact) mass is 475 g/mol. The van der Waals surface area contributed by atoms with Crippen LogP contribution in [0.2, 0.25) is 0 Å². The van der Waals surface area contributed by atoms with E-state index in [9.17, 15) is 41.3 Å². The molecule has 2 rings (SSSR count). The third-order valence-corrected chi connectivity index (χ3v) is 5.43. The number of sulfonamides is 1. The number of carbonyl (C=O) groups excluding carboxylic acids is 2. The van der Waals surface area contributed by atoms with Crippen LogP contribution in [0.3, 0.4) is 0 Å². The van der Waals surface area contributed by atoms with Crippen LogP contribution in [0.4, 0.5) is 24.5 Å². The Kier molecular flexibility index (Phi) is 7.53. The first-order chi connectivity index (χ1) is 14.8. The SMILES string of the molecule is CNc1ccc(S(=O)(=O)NCC(=O)OCC(=O)c2cccc(C(F)(F)F)c2)cc1[N+](=O)[O-]. The van der Waals surface area contributed by atoms with Crippen molar-refractivity contribution < 1.29 is 40.8 Å². The van der Waals surface area contributed by atoms with E-state index in [0.717, 1.165) is 30.3 Å². The lowest BCUT2D eigenvalue weighted by Crippen LogP contribution is -2.31. The van der Waals surface area contributed by atoms with Crippen LogP contribution in [0.5, 0.6) is 0 Å². The fourth-order valence-corrected chi connectivity index (χ4v) is 3.42. The summed E-state index contributed by atoms with van der Waals surface area (Å²) in [6.07, 6.45) is -4.66. The fraction of sp³-hybridized carbons (Fsp3) is 0.222. The number of nitrogens with zero attached hydrogens (tertiary/aromatic N) is 1. The second kappa shape index (κ2) is 9.74. The lowest BCUT2D eigenvalue weighted by atomic mass is 10.1. The second-order valence-electron chi connectivity index (χ2n) is 6.17. The first-order valence-corrected chi connectivity index (χ1v) is 10.2. The number of ketones is 1. The standard InChI is InChI=1S/C18H16F3N3O7S/c1-22-14-6-5-13(8-15(14)24(27)28)32(29,30)23-9-17(26)31-10-16(25)11-3-2-4-12(7-11)18(19,20)21/h2-8,22-23H,9-10H2,1H3. The highest BCUT2D eigenvalue weighted by atomic mass is 32.2. The molecular weight excluding hydrogens is 459 g/mol. The zero-order valence-corrected chi connectivity index (χ0v) is 17.1. The molecule has 2 aromatic carbocycles. The molecule has 14 heteroatoms. The number of nitro benzene ring substituents is 1. The summed E-state index contributed by atoms with van der Waals surface area (Å²) in [5.74, 6) is -2.11. The minimum atomic E-state index is -4.66. The molecule has 0 atom stereocenters. The summed E-state index contributed by atoms with van der Waals surface area (Å²) in [5.41, 5.74) is -1.84. The Morgan fingerprint density at radius 2 is 1.84 bits per heavy atom. The predicted octanol–water partition coefficient (Wildman–Crippen LogP) is 2.36. The highest BCUT2D eigenvalue weighted by molar-refractivity contribution is 7.89. The van der Waals surface area contributed by atoms with Crippen molar-refractivity contribution in [2.75, 3.05) is 25.5 Å². The maximum absolute atomic E-state index is 12.7. The molecule has 0 amide bonds. The Bertz CT molecular complexity index is 1150. The van der Waals surface area contributed by atoms with E-state index in [4.69, 9.17) is 0 Å². The van der Waals surface area contributed by atoms with Crippen molar-refractivity contribution in [3.8, 4) is 0 Å². The van der Waals surface area contributed by atoms with Crippen molar-refractivity contribution in [3.05, 3.63) is 63.7 Å². The van der Waals surface area contributed by atoms with Gasteiger partial charge in [0.25, 0.3) is 5.69 Å². The Morgan fingerprint density at radius 1 is 1.16 bits per heavy atom. The first-order valence-electron chi connectivity index (χ1n) is 8.67. The van der Waals surface area contributed by atoms with Gasteiger partial charge in [0.1, 0.15) is 12.2 Å². The van der Waals surface area contributed by atoms with Crippen molar-refractivity contribution in [3.63, 3.8) is 0 Å². The molecule has 0 unspecified atom stereocenters. The van der Waals surface area contributed by atoms with Crippen LogP contribution < -0.4 is 10.0 Å². The number of nitro groups is 1. The summed E-state index contributed by atoms with van der Waals surface area (Å²) in [4.78, 5) is 33.5. The molecule has 10 nitrogen and oxygen atoms in total. The Balaban J connectivity index is 1.99. The quantitative estimate of drug-likeness (QED) is 0.243. The number of alkyl halides is 3. The van der Waals surface area contributed by atoms with Crippen LogP contribution in [0.1, 0.15) is 15.9 Å². The van der Waals surface area contributed by atoms with Gasteiger partial charge in [-0.3, -0.25) is 19.7 Å². The van der Waals surface area contributed by atoms with Gasteiger partial charge in [-0.15, -0.1) is 0 Å². The summed E-state index contributed by atoms with van der Waals surface area (Å²) in [6, 6.07) is 6.52. The van der Waals surface area contributed by atoms with E-state index in [0.29, 0.717) is 6.07 Å². The van der Waals surface area contributed by atoms with Gasteiger partial charge >= 0.3 is 12.1 Å². The van der Waals surface area contributed by atoms with E-state index in [1.165, 1.54) is 13.1 Å². The van der Waals surface area contributed by atoms with Crippen LogP contribution >= 0.6 is 0 Å². The normalized spacial score (nSPS) is 11.6. The van der Waals surface area contributed by atoms with Gasteiger partial charge in [-0.2, -0.15) is 17.9 Å². The van der Waals surface area contributed by atoms with Gasteiger partial charge in [0.05, 0.1) is 15.4 Å². The summed E-state index contributed by atoms with van der Waals surface area (Å²) < 4.78 is 69.1. The molecule has 32 heavy (non-hydrogen) atoms. The number of ether oxygens (including phenoxy) is 1. The maximum Gasteiger partial charge on any atom is 0.416 e. The number of rotatable bonds is 9. The van der Waals surface area contributed by atoms with Crippen molar-refractivity contribution in [1.82, 2.24) is 4.72 Å². The van der Waals surface area contributed by atoms with Crippen LogP contribution in [0.15, 0.2) is 47.4 Å². The van der Waals surface area contributed by atoms with E-state index in [-0.39, 0.29) is 11.3 Å². The fourth-order valence-electron chi connectivity index (χ4n) is 2.43. The highest BCUT2D eigenvalue weighted by Gasteiger charge is 2.31. The second-order valence-corrected chi connectivity index (χ2v) is 7.94. The molecular formula is C18H16F3N3O7S. The average molecular weight is 475 g/mol. The van der Waals surface area contributed by atoms with Gasteiger partial charge in [-0.05, 0) is 24.3 Å². The zero-order valence-electron chi connectivity index (χ0n) is 16.3. The number of carbonyl (C=O) groups is 2. The third-order valence-electron chi connectivity index (χ3n) is 4.03. The third kappa shape index (κ3) is 6.24. The van der Waals surface area contributed by atoms with Crippen LogP contribution in [0, 0.1) is 10.1 Å². The van der Waals surface area contributed by atoms with Crippen LogP contribution in [-0.2, 0) is 25.7 Å². The zero-order chi connectivity index (χ0) is 24.1. The number of benzene rings is 2. The smallest absolute Gasteiger partial charge is 0.416 e. The van der Waals surface area contributed by atoms with E-state index in [1.54, 1.807) is 0 Å². The molecule has 0 radical (unpaired) electrons. The van der Waals surface area contributed by atoms with Crippen molar-refractivity contribution >= 4 is 33.2 Å². The lowest BCUT2D eigenvalue weighted by molar-refractivity contribution is -0.384. The summed E-state index contributed by atoms with van der Waals surface area (Å²) in [7, 11) is -2.93. The number of halogens is 3. The van der Waals surface area contributed by atoms with E-state index >= 15 is 0 Å². The van der Waals surface area contributed by atoms with Crippen molar-refractivity contribution in [2.24, 2.45) is 0 Å². The summed E-state index contributed by atoms with van der Waals surface area (Å²) >= 11 is 0. The van der Waals surface area contributed by atoms with Gasteiger partial charge in [0.2, 0.25) is 10.0 Å². The number of hydrogen-bond acceptors (Lipinski definition) is 8. The Morgan fingerprint density at radius 3 is 2.44 bits per heavy atom. The van der Waals surface area contributed by atoms with E-state index in [2.05, 4.69) is 10.1 Å². The van der Waals surface area contributed by atoms with Gasteiger partial charge in [-0.25, -0.2) is 8.42 Å². The molecule has 0 aliphatic heterocycles. The average Bonchev–Trinajstić information content (AvgIpc) is 2.75. The largest absolute Gasteiger partial charge is 0.456 e. The van der Waals surface area contributed by atoms with E-state index < -0.39 is 62.2 Å². The minimum Gasteiger partial charge on any atom is -0.456 e. The first kappa shape index (κ1) is 24.7. The van der Waals surface area contributed by atoms with Crippen LogP contribution in [0.25, 0.3) is 0 Å². The molecule has 0 saturated heterocycles. The topological polar surface area (TPSA) is 145 Å². The van der Waals surface area contributed by atoms with Crippen LogP contribution in [-0.4, -0.2) is 45.3 Å². The molecule has 0 aromatic heterocycles. The molecule has 2 N–H and O–H groups in total. The maximum atomic E-state index is 12.7. The molecule has 0 heterocycles. The number of esters is 1. The number of anilines is 1.